The van der Waals surface area contributed by atoms with E-state index in [4.69, 9.17) is 4.55 Å². The molecule has 3 nitrogen and oxygen atoms in total. The molecule has 0 radical (unpaired) electrons. The molecule has 0 rings (SSSR count). The number of alkyl halides is 1. The largest absolute Gasteiger partial charge is 0.300 e. The molecule has 5 heteroatoms. The van der Waals surface area contributed by atoms with Crippen molar-refractivity contribution in [1.82, 2.24) is 0 Å². The van der Waals surface area contributed by atoms with Crippen LogP contribution in [0, 0.1) is 5.92 Å². The molecule has 0 aromatic carbocycles. The Kier molecular flexibility index (Phi) is 3.65. The summed E-state index contributed by atoms with van der Waals surface area (Å²) in [6.45, 7) is 4.54. The molecule has 0 aromatic heterocycles. The van der Waals surface area contributed by atoms with Crippen molar-refractivity contribution < 1.29 is 17.4 Å². The van der Waals surface area contributed by atoms with Crippen LogP contribution in [0.5, 0.6) is 0 Å². The summed E-state index contributed by atoms with van der Waals surface area (Å²) in [5, 5.41) is -2.48. The lowest BCUT2D eigenvalue weighted by Crippen LogP contribution is -2.38. The molecule has 0 bridgehead atoms. The van der Waals surface area contributed by atoms with Crippen LogP contribution in [0.15, 0.2) is 0 Å². The van der Waals surface area contributed by atoms with Gasteiger partial charge in [-0.25, -0.2) is 4.39 Å². The third-order valence-corrected chi connectivity index (χ3v) is 3.42. The number of hydrogen-bond acceptors (Lipinski definition) is 2. The van der Waals surface area contributed by atoms with Gasteiger partial charge in [-0.3, -0.25) is 4.55 Å². The van der Waals surface area contributed by atoms with E-state index in [1.807, 2.05) is 0 Å². The summed E-state index contributed by atoms with van der Waals surface area (Å²) in [7, 11) is -4.59. The van der Waals surface area contributed by atoms with Gasteiger partial charge in [0.25, 0.3) is 0 Å². The van der Waals surface area contributed by atoms with E-state index in [0.29, 0.717) is 6.42 Å². The molecule has 1 N–H and O–H groups in total. The van der Waals surface area contributed by atoms with Crippen molar-refractivity contribution in [2.24, 2.45) is 5.92 Å². The Balaban J connectivity index is 4.89. The molecular formula is C7H15FO3S. The zero-order valence-corrected chi connectivity index (χ0v) is 8.36. The summed E-state index contributed by atoms with van der Waals surface area (Å²) in [6.07, 6.45) is 0.220. The Labute approximate surface area is 72.7 Å². The molecule has 1 unspecified atom stereocenters. The number of halogens is 1. The molecule has 0 aliphatic carbocycles. The SMILES string of the molecule is CCCC(F)(C(C)C)S(=O)(=O)O. The predicted molar refractivity (Wildman–Crippen MR) is 45.1 cm³/mol. The lowest BCUT2D eigenvalue weighted by molar-refractivity contribution is 0.166. The van der Waals surface area contributed by atoms with E-state index in [1.165, 1.54) is 13.8 Å². The molecule has 0 aromatic rings. The van der Waals surface area contributed by atoms with Crippen molar-refractivity contribution in [2.45, 2.75) is 38.6 Å². The maximum atomic E-state index is 13.6. The predicted octanol–water partition coefficient (Wildman–Crippen LogP) is 2.00. The van der Waals surface area contributed by atoms with Crippen LogP contribution in [-0.4, -0.2) is 18.0 Å². The van der Waals surface area contributed by atoms with Crippen molar-refractivity contribution in [3.63, 3.8) is 0 Å². The minimum atomic E-state index is -4.59. The van der Waals surface area contributed by atoms with Gasteiger partial charge in [0.15, 0.2) is 0 Å². The fourth-order valence-corrected chi connectivity index (χ4v) is 2.11. The molecule has 74 valence electrons. The monoisotopic (exact) mass is 198 g/mol. The molecule has 12 heavy (non-hydrogen) atoms. The van der Waals surface area contributed by atoms with E-state index in [9.17, 15) is 12.8 Å². The Hall–Kier alpha value is -0.160. The lowest BCUT2D eigenvalue weighted by atomic mass is 10.0. The second-order valence-electron chi connectivity index (χ2n) is 3.17. The van der Waals surface area contributed by atoms with Gasteiger partial charge in [-0.15, -0.1) is 0 Å². The van der Waals surface area contributed by atoms with E-state index in [0.717, 1.165) is 0 Å². The normalized spacial score (nSPS) is 17.8. The summed E-state index contributed by atoms with van der Waals surface area (Å²) < 4.78 is 43.5. The minimum absolute atomic E-state index is 0.163. The Morgan fingerprint density at radius 3 is 2.00 bits per heavy atom. The van der Waals surface area contributed by atoms with Crippen LogP contribution in [0.1, 0.15) is 33.6 Å². The van der Waals surface area contributed by atoms with Crippen molar-refractivity contribution >= 4 is 10.1 Å². The van der Waals surface area contributed by atoms with Gasteiger partial charge >= 0.3 is 10.1 Å². The molecular weight excluding hydrogens is 183 g/mol. The highest BCUT2D eigenvalue weighted by atomic mass is 32.2. The first-order valence-corrected chi connectivity index (χ1v) is 5.35. The second kappa shape index (κ2) is 3.70. The average molecular weight is 198 g/mol. The molecule has 0 heterocycles. The van der Waals surface area contributed by atoms with E-state index < -0.39 is 21.0 Å². The third-order valence-electron chi connectivity index (χ3n) is 1.88. The van der Waals surface area contributed by atoms with Gasteiger partial charge in [-0.05, 0) is 6.42 Å². The lowest BCUT2D eigenvalue weighted by Gasteiger charge is -2.25. The highest BCUT2D eigenvalue weighted by molar-refractivity contribution is 7.87. The zero-order valence-electron chi connectivity index (χ0n) is 7.54. The van der Waals surface area contributed by atoms with Gasteiger partial charge in [-0.1, -0.05) is 27.2 Å². The molecule has 0 saturated carbocycles. The van der Waals surface area contributed by atoms with Crippen LogP contribution in [-0.2, 0) is 10.1 Å². The van der Waals surface area contributed by atoms with Gasteiger partial charge in [0, 0.05) is 5.92 Å². The van der Waals surface area contributed by atoms with Crippen molar-refractivity contribution in [3.05, 3.63) is 0 Å². The van der Waals surface area contributed by atoms with Gasteiger partial charge in [0.05, 0.1) is 0 Å². The van der Waals surface area contributed by atoms with Crippen LogP contribution in [0.4, 0.5) is 4.39 Å². The topological polar surface area (TPSA) is 54.4 Å². The van der Waals surface area contributed by atoms with E-state index in [2.05, 4.69) is 0 Å². The summed E-state index contributed by atoms with van der Waals surface area (Å²) in [5.41, 5.74) is 0. The van der Waals surface area contributed by atoms with Crippen LogP contribution in [0.3, 0.4) is 0 Å². The van der Waals surface area contributed by atoms with Crippen molar-refractivity contribution in [3.8, 4) is 0 Å². The highest BCUT2D eigenvalue weighted by Gasteiger charge is 2.45. The smallest absolute Gasteiger partial charge is 0.283 e. The quantitative estimate of drug-likeness (QED) is 0.703. The zero-order chi connectivity index (χ0) is 9.99. The van der Waals surface area contributed by atoms with Gasteiger partial charge in [0.1, 0.15) is 0 Å². The molecule has 0 fully saturated rings. The van der Waals surface area contributed by atoms with Crippen LogP contribution in [0.25, 0.3) is 0 Å². The third kappa shape index (κ3) is 2.17. The van der Waals surface area contributed by atoms with Crippen molar-refractivity contribution in [1.29, 1.82) is 0 Å². The van der Waals surface area contributed by atoms with E-state index in [-0.39, 0.29) is 6.42 Å². The van der Waals surface area contributed by atoms with Crippen molar-refractivity contribution in [2.75, 3.05) is 0 Å². The maximum absolute atomic E-state index is 13.6. The minimum Gasteiger partial charge on any atom is -0.283 e. The summed E-state index contributed by atoms with van der Waals surface area (Å²) >= 11 is 0. The highest BCUT2D eigenvalue weighted by Crippen LogP contribution is 2.32. The maximum Gasteiger partial charge on any atom is 0.300 e. The van der Waals surface area contributed by atoms with Gasteiger partial charge in [0.2, 0.25) is 5.00 Å². The van der Waals surface area contributed by atoms with Gasteiger partial charge in [-0.2, -0.15) is 8.42 Å². The first-order valence-electron chi connectivity index (χ1n) is 3.91. The fourth-order valence-electron chi connectivity index (χ4n) is 1.06. The Bertz CT molecular complexity index is 235. The summed E-state index contributed by atoms with van der Waals surface area (Å²) in [6, 6.07) is 0. The molecule has 1 atom stereocenters. The Morgan fingerprint density at radius 1 is 1.50 bits per heavy atom. The average Bonchev–Trinajstić information content (AvgIpc) is 1.85. The molecule has 0 aliphatic heterocycles. The fraction of sp³-hybridized carbons (Fsp3) is 1.00. The molecule has 0 aliphatic rings. The molecule has 0 saturated heterocycles. The first kappa shape index (κ1) is 11.8. The standard InChI is InChI=1S/C7H15FO3S/c1-4-5-7(8,6(2)3)12(9,10)11/h6H,4-5H2,1-3H3,(H,9,10,11). The number of rotatable bonds is 4. The van der Waals surface area contributed by atoms with Crippen LogP contribution < -0.4 is 0 Å². The summed E-state index contributed by atoms with van der Waals surface area (Å²) in [4.78, 5) is 0. The molecule has 0 amide bonds. The number of hydrogen-bond donors (Lipinski definition) is 1. The van der Waals surface area contributed by atoms with E-state index >= 15 is 0 Å². The van der Waals surface area contributed by atoms with E-state index in [1.54, 1.807) is 6.92 Å². The van der Waals surface area contributed by atoms with Gasteiger partial charge < -0.3 is 0 Å². The van der Waals surface area contributed by atoms with Crippen LogP contribution in [0.2, 0.25) is 0 Å². The first-order chi connectivity index (χ1) is 5.25. The molecule has 0 spiro atoms. The Morgan fingerprint density at radius 2 is 1.92 bits per heavy atom. The second-order valence-corrected chi connectivity index (χ2v) is 4.79. The van der Waals surface area contributed by atoms with Crippen LogP contribution >= 0.6 is 0 Å². The summed E-state index contributed by atoms with van der Waals surface area (Å²) in [5.74, 6) is -0.729.